The summed E-state index contributed by atoms with van der Waals surface area (Å²) < 4.78 is 3.72. The minimum atomic E-state index is -0.123. The van der Waals surface area contributed by atoms with Crippen LogP contribution in [0.25, 0.3) is 4.96 Å². The van der Waals surface area contributed by atoms with Crippen LogP contribution in [0.4, 0.5) is 0 Å². The third-order valence-corrected chi connectivity index (χ3v) is 6.33. The second kappa shape index (κ2) is 5.38. The maximum absolute atomic E-state index is 12.0. The molecule has 0 radical (unpaired) electrons. The third-order valence-electron chi connectivity index (χ3n) is 4.29. The van der Waals surface area contributed by atoms with Crippen molar-refractivity contribution in [2.75, 3.05) is 0 Å². The van der Waals surface area contributed by atoms with Crippen molar-refractivity contribution in [2.24, 2.45) is 0 Å². The van der Waals surface area contributed by atoms with Gasteiger partial charge in [-0.3, -0.25) is 4.79 Å². The topological polar surface area (TPSA) is 78.0 Å². The number of hydrogen-bond donors (Lipinski definition) is 0. The third kappa shape index (κ3) is 2.55. The van der Waals surface area contributed by atoms with Gasteiger partial charge in [-0.25, -0.2) is 4.98 Å². The Labute approximate surface area is 146 Å². The van der Waals surface area contributed by atoms with E-state index in [9.17, 15) is 4.79 Å². The van der Waals surface area contributed by atoms with E-state index in [0.717, 1.165) is 21.7 Å². The molecule has 124 valence electrons. The molecule has 9 heteroatoms. The first-order valence-corrected chi connectivity index (χ1v) is 9.93. The van der Waals surface area contributed by atoms with Gasteiger partial charge in [-0.05, 0) is 32.6 Å². The molecular weight excluding hydrogens is 344 g/mol. The molecule has 0 spiro atoms. The zero-order valence-electron chi connectivity index (χ0n) is 13.2. The van der Waals surface area contributed by atoms with Gasteiger partial charge >= 0.3 is 0 Å². The van der Waals surface area contributed by atoms with E-state index in [4.69, 9.17) is 0 Å². The number of rotatable bonds is 5. The van der Waals surface area contributed by atoms with E-state index >= 15 is 0 Å². The van der Waals surface area contributed by atoms with Gasteiger partial charge in [0, 0.05) is 23.7 Å². The van der Waals surface area contributed by atoms with Crippen LogP contribution in [-0.2, 0) is 5.75 Å². The molecule has 24 heavy (non-hydrogen) atoms. The van der Waals surface area contributed by atoms with Gasteiger partial charge < -0.3 is 4.57 Å². The molecule has 0 amide bonds. The zero-order valence-corrected chi connectivity index (χ0v) is 14.8. The van der Waals surface area contributed by atoms with E-state index in [1.165, 1.54) is 47.6 Å². The first kappa shape index (κ1) is 14.6. The highest BCUT2D eigenvalue weighted by Gasteiger charge is 2.36. The maximum atomic E-state index is 12.0. The number of fused-ring (bicyclic) bond motifs is 1. The fourth-order valence-electron chi connectivity index (χ4n) is 2.83. The Morgan fingerprint density at radius 3 is 2.88 bits per heavy atom. The molecule has 5 rings (SSSR count). The van der Waals surface area contributed by atoms with Crippen LogP contribution in [-0.4, -0.2) is 29.4 Å². The van der Waals surface area contributed by atoms with Crippen LogP contribution in [0, 0.1) is 6.92 Å². The highest BCUT2D eigenvalue weighted by atomic mass is 32.2. The molecule has 0 aromatic carbocycles. The molecule has 3 heterocycles. The predicted octanol–water partition coefficient (Wildman–Crippen LogP) is 2.56. The van der Waals surface area contributed by atoms with E-state index < -0.39 is 0 Å². The van der Waals surface area contributed by atoms with Crippen molar-refractivity contribution in [3.63, 3.8) is 0 Å². The molecule has 0 unspecified atom stereocenters. The standard InChI is InChI=1S/C15H16N6OS2/c1-8-6-12(22)21-14(16-8)24-11(19-21)7-23-15-18-17-13(9-2-3-9)20(15)10-4-5-10/h6,9-10H,2-5,7H2,1H3. The Morgan fingerprint density at radius 1 is 1.29 bits per heavy atom. The van der Waals surface area contributed by atoms with Crippen molar-refractivity contribution >= 4 is 28.1 Å². The Hall–Kier alpha value is -1.74. The van der Waals surface area contributed by atoms with E-state index in [2.05, 4.69) is 24.8 Å². The average Bonchev–Trinajstić information content (AvgIpc) is 3.47. The number of nitrogens with zero attached hydrogens (tertiary/aromatic N) is 6. The smallest absolute Gasteiger partial charge is 0.275 e. The maximum Gasteiger partial charge on any atom is 0.275 e. The van der Waals surface area contributed by atoms with Gasteiger partial charge in [0.15, 0.2) is 5.16 Å². The molecule has 0 N–H and O–H groups in total. The molecule has 3 aromatic heterocycles. The van der Waals surface area contributed by atoms with Crippen molar-refractivity contribution in [1.82, 2.24) is 29.4 Å². The molecule has 2 aliphatic carbocycles. The summed E-state index contributed by atoms with van der Waals surface area (Å²) in [5.41, 5.74) is 0.604. The van der Waals surface area contributed by atoms with Crippen LogP contribution in [0.3, 0.4) is 0 Å². The molecule has 7 nitrogen and oxygen atoms in total. The fourth-order valence-corrected chi connectivity index (χ4v) is 4.77. The summed E-state index contributed by atoms with van der Waals surface area (Å²) in [5.74, 6) is 2.46. The van der Waals surface area contributed by atoms with Gasteiger partial charge in [0.1, 0.15) is 10.8 Å². The SMILES string of the molecule is Cc1cc(=O)n2nc(CSc3nnc(C4CC4)n3C3CC3)sc2n1. The van der Waals surface area contributed by atoms with Gasteiger partial charge in [0.2, 0.25) is 4.96 Å². The molecule has 0 saturated heterocycles. The molecule has 2 aliphatic rings. The van der Waals surface area contributed by atoms with Crippen molar-refractivity contribution in [3.05, 3.63) is 32.9 Å². The lowest BCUT2D eigenvalue weighted by Crippen LogP contribution is -2.14. The number of hydrogen-bond acceptors (Lipinski definition) is 7. The first-order valence-electron chi connectivity index (χ1n) is 8.13. The molecular formula is C15H16N6OS2. The Balaban J connectivity index is 1.41. The van der Waals surface area contributed by atoms with Crippen molar-refractivity contribution in [1.29, 1.82) is 0 Å². The largest absolute Gasteiger partial charge is 0.303 e. The first-order chi connectivity index (χ1) is 11.7. The lowest BCUT2D eigenvalue weighted by atomic mass is 10.4. The lowest BCUT2D eigenvalue weighted by molar-refractivity contribution is 0.627. The van der Waals surface area contributed by atoms with Crippen molar-refractivity contribution in [2.45, 2.75) is 55.5 Å². The highest BCUT2D eigenvalue weighted by molar-refractivity contribution is 7.98. The summed E-state index contributed by atoms with van der Waals surface area (Å²) in [6.45, 7) is 1.83. The normalized spacial score (nSPS) is 17.7. The summed E-state index contributed by atoms with van der Waals surface area (Å²) in [4.78, 5) is 17.0. The summed E-state index contributed by atoms with van der Waals surface area (Å²) in [6.07, 6.45) is 4.93. The van der Waals surface area contributed by atoms with E-state index in [1.54, 1.807) is 11.8 Å². The van der Waals surface area contributed by atoms with Crippen molar-refractivity contribution < 1.29 is 0 Å². The van der Waals surface area contributed by atoms with Crippen LogP contribution in [0.1, 0.15) is 54.2 Å². The predicted molar refractivity (Wildman–Crippen MR) is 91.7 cm³/mol. The van der Waals surface area contributed by atoms with Crippen LogP contribution < -0.4 is 5.56 Å². The number of thioether (sulfide) groups is 1. The van der Waals surface area contributed by atoms with Crippen LogP contribution >= 0.6 is 23.1 Å². The van der Waals surface area contributed by atoms with Crippen LogP contribution in [0.2, 0.25) is 0 Å². The summed E-state index contributed by atoms with van der Waals surface area (Å²) >= 11 is 3.12. The Kier molecular flexibility index (Phi) is 3.27. The second-order valence-electron chi connectivity index (χ2n) is 6.43. The van der Waals surface area contributed by atoms with Gasteiger partial charge in [-0.1, -0.05) is 23.1 Å². The molecule has 0 atom stereocenters. The Bertz CT molecular complexity index is 982. The van der Waals surface area contributed by atoms with E-state index in [1.807, 2.05) is 6.92 Å². The quantitative estimate of drug-likeness (QED) is 0.651. The fraction of sp³-hybridized carbons (Fsp3) is 0.533. The highest BCUT2D eigenvalue weighted by Crippen LogP contribution is 2.46. The second-order valence-corrected chi connectivity index (χ2v) is 8.41. The van der Waals surface area contributed by atoms with Crippen molar-refractivity contribution in [3.8, 4) is 0 Å². The van der Waals surface area contributed by atoms with E-state index in [0.29, 0.717) is 22.7 Å². The Morgan fingerprint density at radius 2 is 2.12 bits per heavy atom. The van der Waals surface area contributed by atoms with Gasteiger partial charge in [0.25, 0.3) is 5.56 Å². The molecule has 0 aliphatic heterocycles. The minimum Gasteiger partial charge on any atom is -0.303 e. The zero-order chi connectivity index (χ0) is 16.3. The lowest BCUT2D eigenvalue weighted by Gasteiger charge is -2.06. The minimum absolute atomic E-state index is 0.123. The molecule has 2 fully saturated rings. The molecule has 3 aromatic rings. The van der Waals surface area contributed by atoms with Gasteiger partial charge in [0.05, 0.1) is 5.75 Å². The van der Waals surface area contributed by atoms with Gasteiger partial charge in [-0.2, -0.15) is 9.61 Å². The average molecular weight is 360 g/mol. The van der Waals surface area contributed by atoms with Crippen LogP contribution in [0.5, 0.6) is 0 Å². The molecule has 0 bridgehead atoms. The van der Waals surface area contributed by atoms with E-state index in [-0.39, 0.29) is 5.56 Å². The monoisotopic (exact) mass is 360 g/mol. The van der Waals surface area contributed by atoms with Gasteiger partial charge in [-0.15, -0.1) is 10.2 Å². The summed E-state index contributed by atoms with van der Waals surface area (Å²) in [5, 5.41) is 15.1. The summed E-state index contributed by atoms with van der Waals surface area (Å²) in [7, 11) is 0. The number of aryl methyl sites for hydroxylation is 1. The number of aromatic nitrogens is 6. The summed E-state index contributed by atoms with van der Waals surface area (Å²) in [6, 6.07) is 2.09. The van der Waals surface area contributed by atoms with Crippen LogP contribution in [0.15, 0.2) is 16.0 Å². The molecule has 2 saturated carbocycles.